The molecule has 4 rings (SSSR count). The number of imidazole rings is 1. The summed E-state index contributed by atoms with van der Waals surface area (Å²) < 4.78 is 5.42. The first-order chi connectivity index (χ1) is 16.2. The molecule has 0 bridgehead atoms. The molecule has 1 unspecified atom stereocenters. The summed E-state index contributed by atoms with van der Waals surface area (Å²) in [5.41, 5.74) is 3.59. The van der Waals surface area contributed by atoms with Gasteiger partial charge >= 0.3 is 6.09 Å². The van der Waals surface area contributed by atoms with Crippen LogP contribution in [0.3, 0.4) is 0 Å². The van der Waals surface area contributed by atoms with Crippen molar-refractivity contribution in [2.75, 3.05) is 13.1 Å². The average Bonchev–Trinajstić information content (AvgIpc) is 3.21. The third-order valence-electron chi connectivity index (χ3n) is 6.12. The Morgan fingerprint density at radius 3 is 2.53 bits per heavy atom. The van der Waals surface area contributed by atoms with Crippen molar-refractivity contribution in [1.29, 1.82) is 0 Å². The Morgan fingerprint density at radius 2 is 1.85 bits per heavy atom. The molecule has 2 heterocycles. The van der Waals surface area contributed by atoms with E-state index in [1.54, 1.807) is 0 Å². The second kappa shape index (κ2) is 9.87. The lowest BCUT2D eigenvalue weighted by molar-refractivity contribution is -0.134. The van der Waals surface area contributed by atoms with Gasteiger partial charge in [0.25, 0.3) is 0 Å². The van der Waals surface area contributed by atoms with Crippen LogP contribution in [0.1, 0.15) is 56.5 Å². The molecule has 0 saturated carbocycles. The van der Waals surface area contributed by atoms with Gasteiger partial charge < -0.3 is 19.9 Å². The number of hydrogen-bond acceptors (Lipinski definition) is 4. The van der Waals surface area contributed by atoms with Crippen LogP contribution in [0.2, 0.25) is 0 Å². The third kappa shape index (κ3) is 5.95. The standard InChI is InChI=1S/C27H34N4O3/c1-18-10-11-21-22(16-18)29-24(28-21)20-12-14-31(15-13-20)25(32)23(17-19-8-6-5-7-9-19)30-26(33)34-27(2,3)4/h5-11,16,20,23H,12-15,17H2,1-4H3,(H,28,29)(H,30,33). The number of nitrogens with one attached hydrogen (secondary N) is 2. The highest BCUT2D eigenvalue weighted by atomic mass is 16.6. The van der Waals surface area contributed by atoms with Crippen LogP contribution in [-0.2, 0) is 16.0 Å². The van der Waals surface area contributed by atoms with Gasteiger partial charge in [0.05, 0.1) is 11.0 Å². The van der Waals surface area contributed by atoms with Crippen molar-refractivity contribution < 1.29 is 14.3 Å². The molecule has 1 fully saturated rings. The number of benzene rings is 2. The zero-order chi connectivity index (χ0) is 24.3. The van der Waals surface area contributed by atoms with E-state index in [-0.39, 0.29) is 11.8 Å². The van der Waals surface area contributed by atoms with Gasteiger partial charge in [0, 0.05) is 25.4 Å². The van der Waals surface area contributed by atoms with Crippen LogP contribution in [0.4, 0.5) is 4.79 Å². The minimum absolute atomic E-state index is 0.0756. The number of carbonyl (C=O) groups excluding carboxylic acids is 2. The lowest BCUT2D eigenvalue weighted by atomic mass is 9.95. The zero-order valence-electron chi connectivity index (χ0n) is 20.4. The number of likely N-dealkylation sites (tertiary alicyclic amines) is 1. The molecule has 2 amide bonds. The van der Waals surface area contributed by atoms with E-state index < -0.39 is 17.7 Å². The van der Waals surface area contributed by atoms with Gasteiger partial charge in [-0.3, -0.25) is 4.79 Å². The summed E-state index contributed by atoms with van der Waals surface area (Å²) in [6, 6.07) is 15.3. The smallest absolute Gasteiger partial charge is 0.408 e. The van der Waals surface area contributed by atoms with Gasteiger partial charge in [-0.2, -0.15) is 0 Å². The molecule has 0 radical (unpaired) electrons. The molecule has 3 aromatic rings. The number of aromatic amines is 1. The van der Waals surface area contributed by atoms with E-state index >= 15 is 0 Å². The van der Waals surface area contributed by atoms with Crippen molar-refractivity contribution in [3.05, 3.63) is 65.5 Å². The number of carbonyl (C=O) groups is 2. The molecule has 2 aromatic carbocycles. The van der Waals surface area contributed by atoms with Crippen LogP contribution >= 0.6 is 0 Å². The van der Waals surface area contributed by atoms with Crippen LogP contribution in [0.5, 0.6) is 0 Å². The van der Waals surface area contributed by atoms with Crippen molar-refractivity contribution in [2.45, 2.75) is 64.5 Å². The number of aryl methyl sites for hydroxylation is 1. The molecule has 7 nitrogen and oxygen atoms in total. The monoisotopic (exact) mass is 462 g/mol. The fraction of sp³-hybridized carbons (Fsp3) is 0.444. The maximum Gasteiger partial charge on any atom is 0.408 e. The molecule has 1 atom stereocenters. The number of H-pyrrole nitrogens is 1. The first-order valence-electron chi connectivity index (χ1n) is 12.0. The van der Waals surface area contributed by atoms with Crippen LogP contribution < -0.4 is 5.32 Å². The Hall–Kier alpha value is -3.35. The molecule has 1 aliphatic heterocycles. The number of alkyl carbamates (subject to hydrolysis) is 1. The summed E-state index contributed by atoms with van der Waals surface area (Å²) in [4.78, 5) is 36.0. The number of amides is 2. The van der Waals surface area contributed by atoms with Crippen molar-refractivity contribution in [3.8, 4) is 0 Å². The molecule has 1 aromatic heterocycles. The summed E-state index contributed by atoms with van der Waals surface area (Å²) in [6.45, 7) is 8.75. The largest absolute Gasteiger partial charge is 0.444 e. The first-order valence-corrected chi connectivity index (χ1v) is 12.0. The second-order valence-corrected chi connectivity index (χ2v) is 10.1. The van der Waals surface area contributed by atoms with Crippen LogP contribution in [-0.4, -0.2) is 51.6 Å². The van der Waals surface area contributed by atoms with Crippen molar-refractivity contribution in [3.63, 3.8) is 0 Å². The van der Waals surface area contributed by atoms with Gasteiger partial charge in [0.15, 0.2) is 0 Å². The van der Waals surface area contributed by atoms with Gasteiger partial charge in [-0.25, -0.2) is 9.78 Å². The van der Waals surface area contributed by atoms with Gasteiger partial charge in [-0.1, -0.05) is 36.4 Å². The summed E-state index contributed by atoms with van der Waals surface area (Å²) in [7, 11) is 0. The maximum atomic E-state index is 13.5. The molecule has 180 valence electrons. The zero-order valence-corrected chi connectivity index (χ0v) is 20.4. The fourth-order valence-corrected chi connectivity index (χ4v) is 4.43. The number of piperidine rings is 1. The van der Waals surface area contributed by atoms with E-state index in [2.05, 4.69) is 29.4 Å². The lowest BCUT2D eigenvalue weighted by Gasteiger charge is -2.34. The normalized spacial score (nSPS) is 15.8. The SMILES string of the molecule is Cc1ccc2nc(C3CCN(C(=O)C(Cc4ccccc4)NC(=O)OC(C)(C)C)CC3)[nH]c2c1. The number of aromatic nitrogens is 2. The molecule has 7 heteroatoms. The predicted octanol–water partition coefficient (Wildman–Crippen LogP) is 4.71. The van der Waals surface area contributed by atoms with E-state index in [4.69, 9.17) is 9.72 Å². The number of hydrogen-bond donors (Lipinski definition) is 2. The lowest BCUT2D eigenvalue weighted by Crippen LogP contribution is -2.52. The quantitative estimate of drug-likeness (QED) is 0.575. The van der Waals surface area contributed by atoms with E-state index in [0.29, 0.717) is 19.5 Å². The van der Waals surface area contributed by atoms with Crippen molar-refractivity contribution in [2.24, 2.45) is 0 Å². The highest BCUT2D eigenvalue weighted by molar-refractivity contribution is 5.86. The number of rotatable bonds is 5. The molecular weight excluding hydrogens is 428 g/mol. The molecule has 34 heavy (non-hydrogen) atoms. The van der Waals surface area contributed by atoms with Gasteiger partial charge in [-0.15, -0.1) is 0 Å². The summed E-state index contributed by atoms with van der Waals surface area (Å²) in [5.74, 6) is 1.19. The van der Waals surface area contributed by atoms with Crippen molar-refractivity contribution in [1.82, 2.24) is 20.2 Å². The Kier molecular flexibility index (Phi) is 6.91. The Labute approximate surface area is 200 Å². The minimum atomic E-state index is -0.678. The number of fused-ring (bicyclic) bond motifs is 1. The molecule has 0 aliphatic carbocycles. The summed E-state index contributed by atoms with van der Waals surface area (Å²) in [6.07, 6.45) is 1.50. The molecule has 1 aliphatic rings. The first kappa shape index (κ1) is 23.8. The Balaban J connectivity index is 1.43. The van der Waals surface area contributed by atoms with Crippen LogP contribution in [0, 0.1) is 6.92 Å². The minimum Gasteiger partial charge on any atom is -0.444 e. The number of nitrogens with zero attached hydrogens (tertiary/aromatic N) is 2. The van der Waals surface area contributed by atoms with Crippen molar-refractivity contribution >= 4 is 23.0 Å². The van der Waals surface area contributed by atoms with E-state index in [0.717, 1.165) is 35.3 Å². The van der Waals surface area contributed by atoms with E-state index in [1.807, 2.05) is 62.1 Å². The number of ether oxygens (including phenoxy) is 1. The average molecular weight is 463 g/mol. The summed E-state index contributed by atoms with van der Waals surface area (Å²) >= 11 is 0. The van der Waals surface area contributed by atoms with Gasteiger partial charge in [-0.05, 0) is 63.8 Å². The Morgan fingerprint density at radius 1 is 1.15 bits per heavy atom. The van der Waals surface area contributed by atoms with Gasteiger partial charge in [0.1, 0.15) is 17.5 Å². The summed E-state index contributed by atoms with van der Waals surface area (Å²) in [5, 5.41) is 2.81. The Bertz CT molecular complexity index is 1140. The molecule has 1 saturated heterocycles. The van der Waals surface area contributed by atoms with E-state index in [9.17, 15) is 9.59 Å². The van der Waals surface area contributed by atoms with E-state index in [1.165, 1.54) is 5.56 Å². The third-order valence-corrected chi connectivity index (χ3v) is 6.12. The molecule has 2 N–H and O–H groups in total. The van der Waals surface area contributed by atoms with Crippen LogP contribution in [0.25, 0.3) is 11.0 Å². The maximum absolute atomic E-state index is 13.5. The van der Waals surface area contributed by atoms with Gasteiger partial charge in [0.2, 0.25) is 5.91 Å². The molecule has 0 spiro atoms. The second-order valence-electron chi connectivity index (χ2n) is 10.1. The van der Waals surface area contributed by atoms with Crippen LogP contribution in [0.15, 0.2) is 48.5 Å². The highest BCUT2D eigenvalue weighted by Crippen LogP contribution is 2.28. The topological polar surface area (TPSA) is 87.3 Å². The predicted molar refractivity (Wildman–Crippen MR) is 133 cm³/mol. The fourth-order valence-electron chi connectivity index (χ4n) is 4.43. The highest BCUT2D eigenvalue weighted by Gasteiger charge is 2.32. The molecular formula is C27H34N4O3.